The van der Waals surface area contributed by atoms with Crippen molar-refractivity contribution in [1.82, 2.24) is 10.2 Å². The number of amides is 1. The molecule has 3 rings (SSSR count). The molecule has 1 aliphatic heterocycles. The van der Waals surface area contributed by atoms with Gasteiger partial charge in [0.15, 0.2) is 0 Å². The second kappa shape index (κ2) is 6.18. The highest BCUT2D eigenvalue weighted by molar-refractivity contribution is 5.84. The van der Waals surface area contributed by atoms with Gasteiger partial charge in [-0.2, -0.15) is 0 Å². The van der Waals surface area contributed by atoms with Crippen molar-refractivity contribution in [3.8, 4) is 0 Å². The number of benzene rings is 1. The summed E-state index contributed by atoms with van der Waals surface area (Å²) < 4.78 is 0. The van der Waals surface area contributed by atoms with Gasteiger partial charge in [0.1, 0.15) is 6.17 Å². The maximum Gasteiger partial charge on any atom is 0.241 e. The molecule has 2 unspecified atom stereocenters. The van der Waals surface area contributed by atoms with Crippen molar-refractivity contribution in [2.75, 3.05) is 6.54 Å². The summed E-state index contributed by atoms with van der Waals surface area (Å²) >= 11 is 0. The Morgan fingerprint density at radius 3 is 2.81 bits per heavy atom. The maximum atomic E-state index is 12.6. The van der Waals surface area contributed by atoms with E-state index in [1.165, 1.54) is 30.4 Å². The van der Waals surface area contributed by atoms with Crippen LogP contribution in [0.2, 0.25) is 0 Å². The number of aryl methyl sites for hydroxylation is 1. The number of nitrogens with one attached hydrogen (secondary N) is 1. The lowest BCUT2D eigenvalue weighted by Gasteiger charge is -2.25. The molecule has 114 valence electrons. The summed E-state index contributed by atoms with van der Waals surface area (Å²) in [5, 5.41) is 3.51. The first-order valence-electron chi connectivity index (χ1n) is 8.32. The molecule has 3 heteroatoms. The van der Waals surface area contributed by atoms with Crippen molar-refractivity contribution in [2.45, 2.75) is 58.2 Å². The van der Waals surface area contributed by atoms with Crippen LogP contribution in [0, 0.1) is 12.8 Å². The Kier molecular flexibility index (Phi) is 4.29. The summed E-state index contributed by atoms with van der Waals surface area (Å²) in [6.07, 6.45) is 6.12. The zero-order valence-corrected chi connectivity index (χ0v) is 13.1. The molecule has 0 aromatic heterocycles. The van der Waals surface area contributed by atoms with Crippen LogP contribution in [0.3, 0.4) is 0 Å². The zero-order chi connectivity index (χ0) is 14.8. The first kappa shape index (κ1) is 14.6. The molecule has 2 atom stereocenters. The average molecular weight is 286 g/mol. The van der Waals surface area contributed by atoms with E-state index in [0.29, 0.717) is 0 Å². The third kappa shape index (κ3) is 3.29. The van der Waals surface area contributed by atoms with Crippen LogP contribution in [-0.2, 0) is 4.79 Å². The molecule has 0 radical (unpaired) electrons. The van der Waals surface area contributed by atoms with Gasteiger partial charge in [0, 0.05) is 6.54 Å². The second-order valence-electron chi connectivity index (χ2n) is 6.56. The minimum atomic E-state index is -0.0172. The fourth-order valence-electron chi connectivity index (χ4n) is 3.28. The van der Waals surface area contributed by atoms with E-state index in [-0.39, 0.29) is 18.1 Å². The molecule has 1 aromatic carbocycles. The highest BCUT2D eigenvalue weighted by Crippen LogP contribution is 2.34. The third-order valence-electron chi connectivity index (χ3n) is 4.73. The molecule has 21 heavy (non-hydrogen) atoms. The van der Waals surface area contributed by atoms with Gasteiger partial charge in [-0.1, -0.05) is 49.6 Å². The smallest absolute Gasteiger partial charge is 0.241 e. The standard InChI is InChI=1S/C18H26N2O/c1-3-16-18(21)20(11-5-7-14-9-10-14)17(19-16)15-8-4-6-13(2)12-15/h4,6,8,12,14,16-17,19H,3,5,7,9-11H2,1-2H3. The quantitative estimate of drug-likeness (QED) is 0.869. The van der Waals surface area contributed by atoms with Gasteiger partial charge in [0.25, 0.3) is 0 Å². The predicted octanol–water partition coefficient (Wildman–Crippen LogP) is 3.39. The van der Waals surface area contributed by atoms with E-state index in [4.69, 9.17) is 0 Å². The summed E-state index contributed by atoms with van der Waals surface area (Å²) in [4.78, 5) is 14.6. The topological polar surface area (TPSA) is 32.3 Å². The Morgan fingerprint density at radius 1 is 1.33 bits per heavy atom. The number of hydrogen-bond acceptors (Lipinski definition) is 2. The molecular weight excluding hydrogens is 260 g/mol. The molecule has 0 spiro atoms. The van der Waals surface area contributed by atoms with Crippen LogP contribution in [0.5, 0.6) is 0 Å². The summed E-state index contributed by atoms with van der Waals surface area (Å²) in [7, 11) is 0. The largest absolute Gasteiger partial charge is 0.322 e. The molecule has 1 heterocycles. The lowest BCUT2D eigenvalue weighted by molar-refractivity contribution is -0.130. The Labute approximate surface area is 127 Å². The summed E-state index contributed by atoms with van der Waals surface area (Å²) in [6.45, 7) is 5.07. The Hall–Kier alpha value is -1.35. The molecule has 1 aromatic rings. The van der Waals surface area contributed by atoms with Crippen molar-refractivity contribution in [3.63, 3.8) is 0 Å². The number of hydrogen-bond donors (Lipinski definition) is 1. The van der Waals surface area contributed by atoms with Gasteiger partial charge in [0.05, 0.1) is 6.04 Å². The summed E-state index contributed by atoms with van der Waals surface area (Å²) in [5.41, 5.74) is 2.46. The van der Waals surface area contributed by atoms with Crippen LogP contribution in [0.15, 0.2) is 24.3 Å². The van der Waals surface area contributed by atoms with E-state index >= 15 is 0 Å². The van der Waals surface area contributed by atoms with Gasteiger partial charge in [-0.3, -0.25) is 10.1 Å². The lowest BCUT2D eigenvalue weighted by atomic mass is 10.1. The monoisotopic (exact) mass is 286 g/mol. The molecule has 2 fully saturated rings. The van der Waals surface area contributed by atoms with Gasteiger partial charge in [-0.25, -0.2) is 0 Å². The number of carbonyl (C=O) groups excluding carboxylic acids is 1. The number of nitrogens with zero attached hydrogens (tertiary/aromatic N) is 1. The zero-order valence-electron chi connectivity index (χ0n) is 13.1. The number of carbonyl (C=O) groups is 1. The molecule has 3 nitrogen and oxygen atoms in total. The number of rotatable bonds is 6. The molecule has 0 bridgehead atoms. The van der Waals surface area contributed by atoms with Gasteiger partial charge in [0.2, 0.25) is 5.91 Å². The molecular formula is C18H26N2O. The highest BCUT2D eigenvalue weighted by atomic mass is 16.2. The minimum absolute atomic E-state index is 0.0172. The molecule has 1 amide bonds. The molecule has 1 saturated carbocycles. The van der Waals surface area contributed by atoms with Gasteiger partial charge in [-0.05, 0) is 37.7 Å². The van der Waals surface area contributed by atoms with Crippen LogP contribution in [0.4, 0.5) is 0 Å². The minimum Gasteiger partial charge on any atom is -0.322 e. The van der Waals surface area contributed by atoms with E-state index in [1.807, 2.05) is 0 Å². The SMILES string of the molecule is CCC1NC(c2cccc(C)c2)N(CCCC2CC2)C1=O. The fraction of sp³-hybridized carbons (Fsp3) is 0.611. The highest BCUT2D eigenvalue weighted by Gasteiger charge is 2.38. The van der Waals surface area contributed by atoms with Crippen LogP contribution in [0.25, 0.3) is 0 Å². The van der Waals surface area contributed by atoms with E-state index in [0.717, 1.165) is 25.3 Å². The van der Waals surface area contributed by atoms with Crippen LogP contribution in [0.1, 0.15) is 56.3 Å². The van der Waals surface area contributed by atoms with Crippen molar-refractivity contribution < 1.29 is 4.79 Å². The first-order valence-corrected chi connectivity index (χ1v) is 8.32. The molecule has 1 aliphatic carbocycles. The van der Waals surface area contributed by atoms with Crippen molar-refractivity contribution in [2.24, 2.45) is 5.92 Å². The molecule has 1 saturated heterocycles. The van der Waals surface area contributed by atoms with Gasteiger partial charge < -0.3 is 4.90 Å². The van der Waals surface area contributed by atoms with Crippen LogP contribution < -0.4 is 5.32 Å². The Bertz CT molecular complexity index is 510. The average Bonchev–Trinajstić information content (AvgIpc) is 3.24. The normalized spacial score (nSPS) is 25.6. The summed E-state index contributed by atoms with van der Waals surface area (Å²) in [5.74, 6) is 1.22. The van der Waals surface area contributed by atoms with Crippen molar-refractivity contribution in [1.29, 1.82) is 0 Å². The fourth-order valence-corrected chi connectivity index (χ4v) is 3.28. The Morgan fingerprint density at radius 2 is 2.14 bits per heavy atom. The second-order valence-corrected chi connectivity index (χ2v) is 6.56. The van der Waals surface area contributed by atoms with Gasteiger partial charge in [-0.15, -0.1) is 0 Å². The summed E-state index contributed by atoms with van der Waals surface area (Å²) in [6, 6.07) is 8.49. The third-order valence-corrected chi connectivity index (χ3v) is 4.73. The Balaban J connectivity index is 1.72. The lowest BCUT2D eigenvalue weighted by Crippen LogP contribution is -2.32. The molecule has 1 N–H and O–H groups in total. The van der Waals surface area contributed by atoms with Crippen LogP contribution in [-0.4, -0.2) is 23.4 Å². The van der Waals surface area contributed by atoms with Crippen LogP contribution >= 0.6 is 0 Å². The van der Waals surface area contributed by atoms with Gasteiger partial charge >= 0.3 is 0 Å². The predicted molar refractivity (Wildman–Crippen MR) is 84.8 cm³/mol. The first-order chi connectivity index (χ1) is 10.2. The van der Waals surface area contributed by atoms with E-state index in [2.05, 4.69) is 48.3 Å². The maximum absolute atomic E-state index is 12.6. The van der Waals surface area contributed by atoms with Crippen molar-refractivity contribution >= 4 is 5.91 Å². The van der Waals surface area contributed by atoms with E-state index in [1.54, 1.807) is 0 Å². The molecule has 2 aliphatic rings. The van der Waals surface area contributed by atoms with Crippen molar-refractivity contribution in [3.05, 3.63) is 35.4 Å². The van der Waals surface area contributed by atoms with E-state index < -0.39 is 0 Å². The van der Waals surface area contributed by atoms with E-state index in [9.17, 15) is 4.79 Å².